The Kier molecular flexibility index (Phi) is 2.99. The summed E-state index contributed by atoms with van der Waals surface area (Å²) in [6, 6.07) is 0. The molecule has 0 aromatic carbocycles. The van der Waals surface area contributed by atoms with Crippen molar-refractivity contribution in [1.29, 1.82) is 0 Å². The molecule has 0 amide bonds. The summed E-state index contributed by atoms with van der Waals surface area (Å²) in [6.07, 6.45) is -0.475. The van der Waals surface area contributed by atoms with Crippen molar-refractivity contribution in [1.82, 2.24) is 4.98 Å². The van der Waals surface area contributed by atoms with Crippen molar-refractivity contribution in [2.45, 2.75) is 19.6 Å². The van der Waals surface area contributed by atoms with Gasteiger partial charge in [-0.15, -0.1) is 11.3 Å². The Morgan fingerprint density at radius 3 is 3.00 bits per heavy atom. The Labute approximate surface area is 69.7 Å². The van der Waals surface area contributed by atoms with Crippen LogP contribution in [0.15, 0.2) is 5.38 Å². The highest BCUT2D eigenvalue weighted by atomic mass is 32.1. The Morgan fingerprint density at radius 1 is 1.82 bits per heavy atom. The first-order valence-corrected chi connectivity index (χ1v) is 4.23. The third-order valence-corrected chi connectivity index (χ3v) is 2.11. The second-order valence-electron chi connectivity index (χ2n) is 2.28. The zero-order chi connectivity index (χ0) is 8.27. The lowest BCUT2D eigenvalue weighted by atomic mass is 10.3. The second kappa shape index (κ2) is 3.80. The second-order valence-corrected chi connectivity index (χ2v) is 3.22. The van der Waals surface area contributed by atoms with Crippen LogP contribution < -0.4 is 0 Å². The highest BCUT2D eigenvalue weighted by Gasteiger charge is 2.05. The summed E-state index contributed by atoms with van der Waals surface area (Å²) in [5.74, 6) is 0. The van der Waals surface area contributed by atoms with Gasteiger partial charge in [-0.2, -0.15) is 0 Å². The van der Waals surface area contributed by atoms with Gasteiger partial charge in [-0.25, -0.2) is 4.98 Å². The zero-order valence-electron chi connectivity index (χ0n) is 6.57. The van der Waals surface area contributed by atoms with E-state index in [9.17, 15) is 0 Å². The molecule has 0 aliphatic rings. The van der Waals surface area contributed by atoms with Crippen LogP contribution in [0.25, 0.3) is 0 Å². The molecule has 1 heterocycles. The molecular formula is C7H11NO2S. The summed E-state index contributed by atoms with van der Waals surface area (Å²) in [6.45, 7) is 2.23. The first-order chi connectivity index (χ1) is 5.24. The average Bonchev–Trinajstić information content (AvgIpc) is 2.37. The van der Waals surface area contributed by atoms with Gasteiger partial charge in [0.25, 0.3) is 0 Å². The van der Waals surface area contributed by atoms with E-state index in [0.29, 0.717) is 6.61 Å². The summed E-state index contributed by atoms with van der Waals surface area (Å²) < 4.78 is 4.89. The fourth-order valence-electron chi connectivity index (χ4n) is 0.707. The van der Waals surface area contributed by atoms with Crippen LogP contribution in [0, 0.1) is 0 Å². The molecule has 11 heavy (non-hydrogen) atoms. The van der Waals surface area contributed by atoms with Crippen molar-refractivity contribution in [3.63, 3.8) is 0 Å². The Bertz CT molecular complexity index is 222. The Hall–Kier alpha value is -0.450. The minimum Gasteiger partial charge on any atom is -0.387 e. The van der Waals surface area contributed by atoms with Crippen molar-refractivity contribution >= 4 is 11.3 Å². The number of hydrogen-bond acceptors (Lipinski definition) is 4. The molecule has 1 aromatic heterocycles. The number of aliphatic hydroxyl groups excluding tert-OH is 1. The number of hydrogen-bond donors (Lipinski definition) is 1. The van der Waals surface area contributed by atoms with Crippen molar-refractivity contribution in [3.05, 3.63) is 16.1 Å². The summed E-state index contributed by atoms with van der Waals surface area (Å²) in [7, 11) is 1.63. The molecule has 1 unspecified atom stereocenters. The average molecular weight is 173 g/mol. The van der Waals surface area contributed by atoms with E-state index in [4.69, 9.17) is 9.84 Å². The van der Waals surface area contributed by atoms with Gasteiger partial charge in [-0.1, -0.05) is 0 Å². The molecule has 0 spiro atoms. The van der Waals surface area contributed by atoms with Gasteiger partial charge in [0.1, 0.15) is 5.01 Å². The molecule has 0 saturated heterocycles. The monoisotopic (exact) mass is 173 g/mol. The smallest absolute Gasteiger partial charge is 0.119 e. The first kappa shape index (κ1) is 8.64. The fraction of sp³-hybridized carbons (Fsp3) is 0.571. The van der Waals surface area contributed by atoms with E-state index >= 15 is 0 Å². The largest absolute Gasteiger partial charge is 0.387 e. The van der Waals surface area contributed by atoms with Gasteiger partial charge in [0.15, 0.2) is 0 Å². The lowest BCUT2D eigenvalue weighted by Gasteiger charge is -1.96. The van der Waals surface area contributed by atoms with Gasteiger partial charge >= 0.3 is 0 Å². The van der Waals surface area contributed by atoms with E-state index in [0.717, 1.165) is 10.7 Å². The SMILES string of the molecule is COCc1nc(C(C)O)cs1. The van der Waals surface area contributed by atoms with E-state index in [1.54, 1.807) is 14.0 Å². The van der Waals surface area contributed by atoms with Crippen LogP contribution in [0.1, 0.15) is 23.7 Å². The van der Waals surface area contributed by atoms with Crippen LogP contribution in [0.2, 0.25) is 0 Å². The molecule has 0 aliphatic carbocycles. The van der Waals surface area contributed by atoms with Gasteiger partial charge in [0, 0.05) is 12.5 Å². The summed E-state index contributed by atoms with van der Waals surface area (Å²) in [4.78, 5) is 4.14. The third-order valence-electron chi connectivity index (χ3n) is 1.27. The van der Waals surface area contributed by atoms with Gasteiger partial charge in [0.05, 0.1) is 18.4 Å². The lowest BCUT2D eigenvalue weighted by molar-refractivity contribution is 0.180. The number of methoxy groups -OCH3 is 1. The van der Waals surface area contributed by atoms with E-state index in [1.807, 2.05) is 5.38 Å². The zero-order valence-corrected chi connectivity index (χ0v) is 7.39. The molecular weight excluding hydrogens is 162 g/mol. The van der Waals surface area contributed by atoms with E-state index in [1.165, 1.54) is 11.3 Å². The van der Waals surface area contributed by atoms with Crippen molar-refractivity contribution in [2.24, 2.45) is 0 Å². The normalized spacial score (nSPS) is 13.4. The number of aliphatic hydroxyl groups is 1. The summed E-state index contributed by atoms with van der Waals surface area (Å²) >= 11 is 1.51. The minimum atomic E-state index is -0.475. The van der Waals surface area contributed by atoms with E-state index in [2.05, 4.69) is 4.98 Å². The van der Waals surface area contributed by atoms with Gasteiger partial charge in [0.2, 0.25) is 0 Å². The number of nitrogens with zero attached hydrogens (tertiary/aromatic N) is 1. The van der Waals surface area contributed by atoms with Crippen molar-refractivity contribution in [2.75, 3.05) is 7.11 Å². The molecule has 4 heteroatoms. The van der Waals surface area contributed by atoms with Crippen LogP contribution in [0.4, 0.5) is 0 Å². The third kappa shape index (κ3) is 2.25. The molecule has 1 aromatic rings. The maximum absolute atomic E-state index is 9.11. The molecule has 0 aliphatic heterocycles. The van der Waals surface area contributed by atoms with Crippen LogP contribution >= 0.6 is 11.3 Å². The number of ether oxygens (including phenoxy) is 1. The number of thiazole rings is 1. The van der Waals surface area contributed by atoms with Crippen LogP contribution in [-0.2, 0) is 11.3 Å². The van der Waals surface area contributed by atoms with Gasteiger partial charge in [-0.05, 0) is 6.92 Å². The maximum Gasteiger partial charge on any atom is 0.119 e. The summed E-state index contributed by atoms with van der Waals surface area (Å²) in [5.41, 5.74) is 0.724. The quantitative estimate of drug-likeness (QED) is 0.750. The minimum absolute atomic E-state index is 0.475. The standard InChI is InChI=1S/C7H11NO2S/c1-5(9)6-4-11-7(8-6)3-10-2/h4-5,9H,3H2,1-2H3. The molecule has 62 valence electrons. The fourth-order valence-corrected chi connectivity index (χ4v) is 1.56. The molecule has 0 radical (unpaired) electrons. The van der Waals surface area contributed by atoms with Crippen LogP contribution in [0.5, 0.6) is 0 Å². The first-order valence-electron chi connectivity index (χ1n) is 3.35. The van der Waals surface area contributed by atoms with Crippen LogP contribution in [0.3, 0.4) is 0 Å². The molecule has 3 nitrogen and oxygen atoms in total. The highest BCUT2D eigenvalue weighted by molar-refractivity contribution is 7.09. The van der Waals surface area contributed by atoms with Gasteiger partial charge < -0.3 is 9.84 Å². The summed E-state index contributed by atoms with van der Waals surface area (Å²) in [5, 5.41) is 11.9. The van der Waals surface area contributed by atoms with Gasteiger partial charge in [-0.3, -0.25) is 0 Å². The topological polar surface area (TPSA) is 42.4 Å². The maximum atomic E-state index is 9.11. The molecule has 1 atom stereocenters. The Morgan fingerprint density at radius 2 is 2.55 bits per heavy atom. The Balaban J connectivity index is 2.66. The van der Waals surface area contributed by atoms with E-state index in [-0.39, 0.29) is 0 Å². The molecule has 1 N–H and O–H groups in total. The number of rotatable bonds is 3. The lowest BCUT2D eigenvalue weighted by Crippen LogP contribution is -1.92. The predicted octanol–water partition coefficient (Wildman–Crippen LogP) is 1.34. The molecule has 0 fully saturated rings. The van der Waals surface area contributed by atoms with Crippen molar-refractivity contribution in [3.8, 4) is 0 Å². The molecule has 0 bridgehead atoms. The number of aromatic nitrogens is 1. The molecule has 1 rings (SSSR count). The molecule has 0 saturated carbocycles. The van der Waals surface area contributed by atoms with E-state index < -0.39 is 6.10 Å². The van der Waals surface area contributed by atoms with Crippen molar-refractivity contribution < 1.29 is 9.84 Å². The highest BCUT2D eigenvalue weighted by Crippen LogP contribution is 2.16. The predicted molar refractivity (Wildman–Crippen MR) is 43.5 cm³/mol. The van der Waals surface area contributed by atoms with Crippen LogP contribution in [-0.4, -0.2) is 17.2 Å².